The fourth-order valence-corrected chi connectivity index (χ4v) is 2.47. The first-order valence-corrected chi connectivity index (χ1v) is 6.39. The summed E-state index contributed by atoms with van der Waals surface area (Å²) in [4.78, 5) is 13.1. The summed E-state index contributed by atoms with van der Waals surface area (Å²) in [6.07, 6.45) is 5.00. The Morgan fingerprint density at radius 1 is 1.56 bits per heavy atom. The van der Waals surface area contributed by atoms with Crippen LogP contribution in [0.1, 0.15) is 39.5 Å². The van der Waals surface area contributed by atoms with Crippen molar-refractivity contribution in [2.75, 3.05) is 19.6 Å². The molecule has 0 aromatic heterocycles. The first-order chi connectivity index (χ1) is 7.63. The molecule has 2 atom stereocenters. The Hall–Kier alpha value is -0.610. The van der Waals surface area contributed by atoms with Crippen LogP contribution < -0.4 is 11.1 Å². The van der Waals surface area contributed by atoms with Crippen molar-refractivity contribution in [3.05, 3.63) is 0 Å². The lowest BCUT2D eigenvalue weighted by atomic mass is 9.98. The summed E-state index contributed by atoms with van der Waals surface area (Å²) >= 11 is 0. The third-order valence-corrected chi connectivity index (χ3v) is 3.43. The number of likely N-dealkylation sites (N-methyl/N-ethyl adjacent to an activating group) is 1. The molecule has 1 amide bonds. The normalized spacial score (nSPS) is 23.3. The van der Waals surface area contributed by atoms with E-state index in [0.717, 1.165) is 19.5 Å². The van der Waals surface area contributed by atoms with Gasteiger partial charge < -0.3 is 11.1 Å². The van der Waals surface area contributed by atoms with E-state index in [4.69, 9.17) is 5.73 Å². The van der Waals surface area contributed by atoms with Gasteiger partial charge in [0.05, 0.1) is 6.54 Å². The molecule has 0 aliphatic carbocycles. The Bertz CT molecular complexity index is 214. The van der Waals surface area contributed by atoms with E-state index in [-0.39, 0.29) is 5.91 Å². The van der Waals surface area contributed by atoms with Crippen LogP contribution in [-0.2, 0) is 4.79 Å². The summed E-state index contributed by atoms with van der Waals surface area (Å²) in [7, 11) is 0. The zero-order chi connectivity index (χ0) is 12.0. The van der Waals surface area contributed by atoms with Crippen molar-refractivity contribution in [2.45, 2.75) is 51.6 Å². The molecule has 1 aliphatic heterocycles. The van der Waals surface area contributed by atoms with Crippen molar-refractivity contribution in [3.8, 4) is 0 Å². The molecule has 0 aromatic carbocycles. The van der Waals surface area contributed by atoms with Gasteiger partial charge in [-0.05, 0) is 39.3 Å². The lowest BCUT2D eigenvalue weighted by Crippen LogP contribution is -2.44. The van der Waals surface area contributed by atoms with Gasteiger partial charge in [0.15, 0.2) is 0 Å². The number of hydrogen-bond acceptors (Lipinski definition) is 3. The van der Waals surface area contributed by atoms with Crippen LogP contribution in [0.25, 0.3) is 0 Å². The quantitative estimate of drug-likeness (QED) is 0.703. The van der Waals surface area contributed by atoms with Crippen molar-refractivity contribution < 1.29 is 4.79 Å². The van der Waals surface area contributed by atoms with Gasteiger partial charge in [0.1, 0.15) is 0 Å². The van der Waals surface area contributed by atoms with E-state index in [1.807, 2.05) is 0 Å². The summed E-state index contributed by atoms with van der Waals surface area (Å²) in [5.41, 5.74) is 5.24. The number of piperidine rings is 1. The third-order valence-electron chi connectivity index (χ3n) is 3.43. The molecule has 0 radical (unpaired) electrons. The van der Waals surface area contributed by atoms with Gasteiger partial charge in [-0.25, -0.2) is 0 Å². The van der Waals surface area contributed by atoms with E-state index in [0.29, 0.717) is 18.6 Å². The number of primary amides is 1. The average molecular weight is 227 g/mol. The Balaban J connectivity index is 2.35. The van der Waals surface area contributed by atoms with Gasteiger partial charge in [-0.3, -0.25) is 9.69 Å². The predicted octanol–water partition coefficient (Wildman–Crippen LogP) is 0.714. The van der Waals surface area contributed by atoms with Crippen LogP contribution in [0, 0.1) is 0 Å². The molecule has 4 heteroatoms. The predicted molar refractivity (Wildman–Crippen MR) is 66.2 cm³/mol. The van der Waals surface area contributed by atoms with Gasteiger partial charge >= 0.3 is 0 Å². The molecule has 1 heterocycles. The lowest BCUT2D eigenvalue weighted by Gasteiger charge is -2.32. The molecule has 1 fully saturated rings. The van der Waals surface area contributed by atoms with Crippen molar-refractivity contribution in [1.82, 2.24) is 10.2 Å². The topological polar surface area (TPSA) is 58.4 Å². The molecule has 94 valence electrons. The fourth-order valence-electron chi connectivity index (χ4n) is 2.47. The SMILES string of the molecule is CCN(CC(N)=O)C(C)CC1CCCCN1. The number of carbonyl (C=O) groups excluding carboxylic acids is 1. The number of amides is 1. The summed E-state index contributed by atoms with van der Waals surface area (Å²) in [6, 6.07) is 1.04. The maximum Gasteiger partial charge on any atom is 0.231 e. The second kappa shape index (κ2) is 6.86. The molecule has 1 aliphatic rings. The second-order valence-electron chi connectivity index (χ2n) is 4.76. The van der Waals surface area contributed by atoms with E-state index in [1.54, 1.807) is 0 Å². The lowest BCUT2D eigenvalue weighted by molar-refractivity contribution is -0.119. The first-order valence-electron chi connectivity index (χ1n) is 6.39. The monoisotopic (exact) mass is 227 g/mol. The van der Waals surface area contributed by atoms with Crippen LogP contribution in [-0.4, -0.2) is 42.5 Å². The summed E-state index contributed by atoms with van der Waals surface area (Å²) in [5.74, 6) is -0.231. The second-order valence-corrected chi connectivity index (χ2v) is 4.76. The van der Waals surface area contributed by atoms with E-state index in [1.165, 1.54) is 19.3 Å². The van der Waals surface area contributed by atoms with Gasteiger partial charge in [0, 0.05) is 12.1 Å². The van der Waals surface area contributed by atoms with E-state index < -0.39 is 0 Å². The van der Waals surface area contributed by atoms with Crippen molar-refractivity contribution >= 4 is 5.91 Å². The molecular weight excluding hydrogens is 202 g/mol. The van der Waals surface area contributed by atoms with Gasteiger partial charge in [0.25, 0.3) is 0 Å². The van der Waals surface area contributed by atoms with Crippen LogP contribution in [0.5, 0.6) is 0 Å². The number of carbonyl (C=O) groups is 1. The zero-order valence-electron chi connectivity index (χ0n) is 10.5. The van der Waals surface area contributed by atoms with Crippen molar-refractivity contribution in [1.29, 1.82) is 0 Å². The fraction of sp³-hybridized carbons (Fsp3) is 0.917. The molecule has 0 aromatic rings. The molecule has 1 rings (SSSR count). The summed E-state index contributed by atoms with van der Waals surface area (Å²) in [5, 5.41) is 3.54. The zero-order valence-corrected chi connectivity index (χ0v) is 10.5. The highest BCUT2D eigenvalue weighted by molar-refractivity contribution is 5.75. The summed E-state index contributed by atoms with van der Waals surface area (Å²) in [6.45, 7) is 6.66. The van der Waals surface area contributed by atoms with Crippen LogP contribution in [0.4, 0.5) is 0 Å². The molecule has 16 heavy (non-hydrogen) atoms. The largest absolute Gasteiger partial charge is 0.369 e. The number of hydrogen-bond donors (Lipinski definition) is 2. The molecular formula is C12H25N3O. The summed E-state index contributed by atoms with van der Waals surface area (Å²) < 4.78 is 0. The van der Waals surface area contributed by atoms with Gasteiger partial charge in [-0.15, -0.1) is 0 Å². The maximum atomic E-state index is 10.9. The highest BCUT2D eigenvalue weighted by Crippen LogP contribution is 2.14. The van der Waals surface area contributed by atoms with E-state index in [9.17, 15) is 4.79 Å². The smallest absolute Gasteiger partial charge is 0.231 e. The maximum absolute atomic E-state index is 10.9. The van der Waals surface area contributed by atoms with Crippen LogP contribution in [0.3, 0.4) is 0 Å². The molecule has 1 saturated heterocycles. The Labute approximate surface area is 98.6 Å². The van der Waals surface area contributed by atoms with Crippen molar-refractivity contribution in [3.63, 3.8) is 0 Å². The molecule has 3 N–H and O–H groups in total. The van der Waals surface area contributed by atoms with Crippen LogP contribution in [0.2, 0.25) is 0 Å². The van der Waals surface area contributed by atoms with Crippen LogP contribution in [0.15, 0.2) is 0 Å². The third kappa shape index (κ3) is 4.49. The molecule has 2 unspecified atom stereocenters. The highest BCUT2D eigenvalue weighted by atomic mass is 16.1. The number of nitrogens with zero attached hydrogens (tertiary/aromatic N) is 1. The Morgan fingerprint density at radius 2 is 2.31 bits per heavy atom. The van der Waals surface area contributed by atoms with Gasteiger partial charge in [0.2, 0.25) is 5.91 Å². The van der Waals surface area contributed by atoms with Crippen LogP contribution >= 0.6 is 0 Å². The number of nitrogens with two attached hydrogens (primary N) is 1. The molecule has 4 nitrogen and oxygen atoms in total. The standard InChI is InChI=1S/C12H25N3O/c1-3-15(9-12(13)16)10(2)8-11-6-4-5-7-14-11/h10-11,14H,3-9H2,1-2H3,(H2,13,16). The van der Waals surface area contributed by atoms with E-state index >= 15 is 0 Å². The minimum atomic E-state index is -0.231. The average Bonchev–Trinajstić information content (AvgIpc) is 2.26. The first kappa shape index (κ1) is 13.5. The number of nitrogens with one attached hydrogen (secondary N) is 1. The molecule has 0 spiro atoms. The van der Waals surface area contributed by atoms with Gasteiger partial charge in [-0.2, -0.15) is 0 Å². The molecule has 0 bridgehead atoms. The Kier molecular flexibility index (Phi) is 5.77. The minimum absolute atomic E-state index is 0.231. The van der Waals surface area contributed by atoms with E-state index in [2.05, 4.69) is 24.1 Å². The molecule has 0 saturated carbocycles. The van der Waals surface area contributed by atoms with Gasteiger partial charge in [-0.1, -0.05) is 13.3 Å². The highest BCUT2D eigenvalue weighted by Gasteiger charge is 2.20. The minimum Gasteiger partial charge on any atom is -0.369 e. The number of rotatable bonds is 6. The Morgan fingerprint density at radius 3 is 2.81 bits per heavy atom. The van der Waals surface area contributed by atoms with Crippen molar-refractivity contribution in [2.24, 2.45) is 5.73 Å².